The number of nitrogens with one attached hydrogen (secondary N) is 1. The zero-order valence-corrected chi connectivity index (χ0v) is 13.9. The van der Waals surface area contributed by atoms with Gasteiger partial charge < -0.3 is 5.32 Å². The summed E-state index contributed by atoms with van der Waals surface area (Å²) < 4.78 is 3.76. The van der Waals surface area contributed by atoms with Gasteiger partial charge in [-0.2, -0.15) is 5.10 Å². The van der Waals surface area contributed by atoms with Crippen molar-refractivity contribution in [2.45, 2.75) is 0 Å². The van der Waals surface area contributed by atoms with Gasteiger partial charge in [-0.3, -0.25) is 19.1 Å². The molecule has 0 aliphatic carbocycles. The van der Waals surface area contributed by atoms with Crippen LogP contribution in [0.2, 0.25) is 0 Å². The molecule has 4 heterocycles. The molecule has 5 rings (SSSR count). The first-order valence-corrected chi connectivity index (χ1v) is 8.07. The molecular weight excluding hydrogens is 328 g/mol. The van der Waals surface area contributed by atoms with Crippen LogP contribution in [0.1, 0.15) is 0 Å². The number of hydrogen-bond donors (Lipinski definition) is 1. The van der Waals surface area contributed by atoms with Crippen molar-refractivity contribution in [3.63, 3.8) is 0 Å². The van der Waals surface area contributed by atoms with E-state index in [4.69, 9.17) is 0 Å². The third-order valence-electron chi connectivity index (χ3n) is 4.16. The Hall–Kier alpha value is -3.81. The highest BCUT2D eigenvalue weighted by atomic mass is 15.2. The van der Waals surface area contributed by atoms with Crippen LogP contribution in [0.25, 0.3) is 27.9 Å². The van der Waals surface area contributed by atoms with Crippen molar-refractivity contribution < 1.29 is 0 Å². The molecule has 26 heavy (non-hydrogen) atoms. The van der Waals surface area contributed by atoms with E-state index in [1.807, 2.05) is 54.4 Å². The van der Waals surface area contributed by atoms with Crippen LogP contribution < -0.4 is 5.32 Å². The summed E-state index contributed by atoms with van der Waals surface area (Å²) in [6.07, 6.45) is 12.6. The van der Waals surface area contributed by atoms with E-state index in [0.29, 0.717) is 5.82 Å². The van der Waals surface area contributed by atoms with E-state index < -0.39 is 0 Å². The lowest BCUT2D eigenvalue weighted by atomic mass is 10.2. The molecule has 0 saturated carbocycles. The molecule has 0 fully saturated rings. The highest BCUT2D eigenvalue weighted by Gasteiger charge is 2.12. The number of nitrogens with zero attached hydrogens (tertiary/aromatic N) is 7. The first kappa shape index (κ1) is 14.5. The summed E-state index contributed by atoms with van der Waals surface area (Å²) in [6, 6.07) is 5.82. The maximum absolute atomic E-state index is 4.54. The number of aromatic nitrogens is 7. The summed E-state index contributed by atoms with van der Waals surface area (Å²) in [6.45, 7) is 0. The Bertz CT molecular complexity index is 1240. The van der Waals surface area contributed by atoms with Gasteiger partial charge in [0.05, 0.1) is 29.1 Å². The first-order chi connectivity index (χ1) is 12.8. The van der Waals surface area contributed by atoms with Gasteiger partial charge in [0.15, 0.2) is 11.5 Å². The van der Waals surface area contributed by atoms with Crippen molar-refractivity contribution in [2.24, 2.45) is 7.05 Å². The number of hydrogen-bond acceptors (Lipinski definition) is 6. The van der Waals surface area contributed by atoms with Crippen LogP contribution in [0.15, 0.2) is 61.6 Å². The second kappa shape index (κ2) is 5.62. The lowest BCUT2D eigenvalue weighted by molar-refractivity contribution is 0.768. The van der Waals surface area contributed by atoms with Gasteiger partial charge in [0, 0.05) is 49.3 Å². The minimum absolute atomic E-state index is 0.672. The highest BCUT2D eigenvalue weighted by molar-refractivity contribution is 5.81. The Kier molecular flexibility index (Phi) is 3.14. The molecule has 0 unspecified atom stereocenters. The fourth-order valence-electron chi connectivity index (χ4n) is 2.95. The Morgan fingerprint density at radius 1 is 0.923 bits per heavy atom. The van der Waals surface area contributed by atoms with Gasteiger partial charge >= 0.3 is 0 Å². The van der Waals surface area contributed by atoms with E-state index in [-0.39, 0.29) is 0 Å². The third kappa shape index (κ3) is 2.35. The zero-order valence-electron chi connectivity index (χ0n) is 13.9. The molecule has 0 atom stereocenters. The molecule has 1 N–H and O–H groups in total. The highest BCUT2D eigenvalue weighted by Crippen LogP contribution is 2.25. The van der Waals surface area contributed by atoms with Crippen molar-refractivity contribution in [3.8, 4) is 11.3 Å². The Labute approximate surface area is 148 Å². The fourth-order valence-corrected chi connectivity index (χ4v) is 2.95. The summed E-state index contributed by atoms with van der Waals surface area (Å²) in [5, 5.41) is 7.56. The molecule has 126 valence electrons. The largest absolute Gasteiger partial charge is 0.337 e. The number of benzene rings is 1. The van der Waals surface area contributed by atoms with Crippen LogP contribution in [0.3, 0.4) is 0 Å². The standard InChI is InChI=1S/C18H14N8/c1-25-11-12(9-23-25)16-10-22-18-17(21-6-7-26(16)18)24-13-2-3-14-15(8-13)20-5-4-19-14/h2-11H,1H3,(H,21,24). The molecule has 0 saturated heterocycles. The molecule has 0 spiro atoms. The Morgan fingerprint density at radius 2 is 1.81 bits per heavy atom. The van der Waals surface area contributed by atoms with E-state index >= 15 is 0 Å². The topological polar surface area (TPSA) is 85.8 Å². The van der Waals surface area contributed by atoms with Crippen LogP contribution in [0.4, 0.5) is 11.5 Å². The zero-order chi connectivity index (χ0) is 17.5. The van der Waals surface area contributed by atoms with Crippen LogP contribution in [-0.2, 0) is 7.05 Å². The van der Waals surface area contributed by atoms with Gasteiger partial charge in [-0.25, -0.2) is 9.97 Å². The van der Waals surface area contributed by atoms with Gasteiger partial charge in [-0.05, 0) is 18.2 Å². The Morgan fingerprint density at radius 3 is 2.65 bits per heavy atom. The molecule has 0 radical (unpaired) electrons. The summed E-state index contributed by atoms with van der Waals surface area (Å²) >= 11 is 0. The second-order valence-electron chi connectivity index (χ2n) is 5.90. The maximum Gasteiger partial charge on any atom is 0.180 e. The van der Waals surface area contributed by atoms with E-state index in [1.165, 1.54) is 0 Å². The normalized spacial score (nSPS) is 11.3. The summed E-state index contributed by atoms with van der Waals surface area (Å²) in [5.74, 6) is 0.672. The predicted octanol–water partition coefficient (Wildman–Crippen LogP) is 2.82. The number of aryl methyl sites for hydroxylation is 1. The fraction of sp³-hybridized carbons (Fsp3) is 0.0556. The van der Waals surface area contributed by atoms with Crippen molar-refractivity contribution in [1.29, 1.82) is 0 Å². The molecule has 5 aromatic rings. The smallest absolute Gasteiger partial charge is 0.180 e. The van der Waals surface area contributed by atoms with Crippen LogP contribution in [0, 0.1) is 0 Å². The average molecular weight is 342 g/mol. The SMILES string of the molecule is Cn1cc(-c2cnc3c(Nc4ccc5nccnc5c4)nccn23)cn1. The average Bonchev–Trinajstić information content (AvgIpc) is 3.28. The lowest BCUT2D eigenvalue weighted by Gasteiger charge is -2.08. The monoisotopic (exact) mass is 342 g/mol. The molecule has 0 aliphatic heterocycles. The first-order valence-electron chi connectivity index (χ1n) is 8.07. The van der Waals surface area contributed by atoms with E-state index in [1.54, 1.807) is 23.3 Å². The van der Waals surface area contributed by atoms with Crippen LogP contribution in [0.5, 0.6) is 0 Å². The summed E-state index contributed by atoms with van der Waals surface area (Å²) in [7, 11) is 1.89. The Balaban J connectivity index is 1.57. The maximum atomic E-state index is 4.54. The molecule has 0 aliphatic rings. The van der Waals surface area contributed by atoms with Gasteiger partial charge in [-0.15, -0.1) is 0 Å². The minimum Gasteiger partial charge on any atom is -0.337 e. The molecule has 0 amide bonds. The van der Waals surface area contributed by atoms with Crippen molar-refractivity contribution in [1.82, 2.24) is 34.1 Å². The number of anilines is 2. The lowest BCUT2D eigenvalue weighted by Crippen LogP contribution is -1.98. The minimum atomic E-state index is 0.672. The van der Waals surface area contributed by atoms with Gasteiger partial charge in [-0.1, -0.05) is 0 Å². The third-order valence-corrected chi connectivity index (χ3v) is 4.16. The number of fused-ring (bicyclic) bond motifs is 2. The van der Waals surface area contributed by atoms with Crippen molar-refractivity contribution in [2.75, 3.05) is 5.32 Å². The van der Waals surface area contributed by atoms with E-state index in [0.717, 1.165) is 33.6 Å². The van der Waals surface area contributed by atoms with Crippen molar-refractivity contribution in [3.05, 3.63) is 61.6 Å². The number of imidazole rings is 1. The second-order valence-corrected chi connectivity index (χ2v) is 5.90. The molecular formula is C18H14N8. The molecule has 8 heteroatoms. The molecule has 8 nitrogen and oxygen atoms in total. The number of rotatable bonds is 3. The van der Waals surface area contributed by atoms with E-state index in [9.17, 15) is 0 Å². The molecule has 1 aromatic carbocycles. The van der Waals surface area contributed by atoms with Gasteiger partial charge in [0.25, 0.3) is 0 Å². The van der Waals surface area contributed by atoms with Gasteiger partial charge in [0.1, 0.15) is 0 Å². The van der Waals surface area contributed by atoms with Crippen LogP contribution >= 0.6 is 0 Å². The molecule has 4 aromatic heterocycles. The summed E-state index contributed by atoms with van der Waals surface area (Å²) in [5.41, 5.74) is 5.25. The summed E-state index contributed by atoms with van der Waals surface area (Å²) in [4.78, 5) is 17.6. The van der Waals surface area contributed by atoms with E-state index in [2.05, 4.69) is 30.4 Å². The molecule has 0 bridgehead atoms. The van der Waals surface area contributed by atoms with Gasteiger partial charge in [0.2, 0.25) is 0 Å². The van der Waals surface area contributed by atoms with Crippen LogP contribution in [-0.4, -0.2) is 34.1 Å². The quantitative estimate of drug-likeness (QED) is 0.543. The predicted molar refractivity (Wildman–Crippen MR) is 98.0 cm³/mol. The van der Waals surface area contributed by atoms with Crippen molar-refractivity contribution >= 4 is 28.2 Å².